The number of hydrogen-bond acceptors (Lipinski definition) is 2. The first-order valence-corrected chi connectivity index (χ1v) is 6.85. The highest BCUT2D eigenvalue weighted by molar-refractivity contribution is 6.33. The summed E-state index contributed by atoms with van der Waals surface area (Å²) in [6, 6.07) is 5.71. The highest BCUT2D eigenvalue weighted by atomic mass is 35.5. The average Bonchev–Trinajstić information content (AvgIpc) is 2.83. The molecule has 1 aromatic carbocycles. The summed E-state index contributed by atoms with van der Waals surface area (Å²) in [5, 5.41) is 5.05. The first-order chi connectivity index (χ1) is 8.22. The maximum Gasteiger partial charge on any atom is 0.0452 e. The third-order valence-electron chi connectivity index (χ3n) is 3.87. The predicted molar refractivity (Wildman–Crippen MR) is 71.6 cm³/mol. The van der Waals surface area contributed by atoms with Gasteiger partial charge in [-0.2, -0.15) is 0 Å². The van der Waals surface area contributed by atoms with Crippen LogP contribution >= 0.6 is 23.2 Å². The fraction of sp³-hybridized carbons (Fsp3) is 0.538. The molecule has 0 radical (unpaired) electrons. The molecule has 2 heterocycles. The highest BCUT2D eigenvalue weighted by Gasteiger charge is 2.35. The molecular weight excluding hydrogens is 255 g/mol. The van der Waals surface area contributed by atoms with Crippen LogP contribution in [0.5, 0.6) is 0 Å². The lowest BCUT2D eigenvalue weighted by atomic mass is 10.0. The molecule has 92 valence electrons. The molecule has 0 aliphatic carbocycles. The van der Waals surface area contributed by atoms with Crippen LogP contribution in [-0.4, -0.2) is 31.1 Å². The monoisotopic (exact) mass is 270 g/mol. The maximum absolute atomic E-state index is 6.20. The molecular formula is C13H16Cl2N2. The van der Waals surface area contributed by atoms with Gasteiger partial charge in [-0.25, -0.2) is 0 Å². The van der Waals surface area contributed by atoms with E-state index >= 15 is 0 Å². The molecule has 2 atom stereocenters. The van der Waals surface area contributed by atoms with Crippen LogP contribution in [0.25, 0.3) is 0 Å². The smallest absolute Gasteiger partial charge is 0.0452 e. The van der Waals surface area contributed by atoms with Crippen molar-refractivity contribution in [2.24, 2.45) is 11.8 Å². The average molecular weight is 271 g/mol. The van der Waals surface area contributed by atoms with E-state index in [-0.39, 0.29) is 0 Å². The van der Waals surface area contributed by atoms with Crippen molar-refractivity contribution in [1.29, 1.82) is 0 Å². The molecule has 1 aromatic rings. The number of rotatable bonds is 2. The van der Waals surface area contributed by atoms with E-state index in [1.807, 2.05) is 18.2 Å². The van der Waals surface area contributed by atoms with E-state index in [1.54, 1.807) is 0 Å². The van der Waals surface area contributed by atoms with Crippen molar-refractivity contribution in [3.8, 4) is 0 Å². The maximum atomic E-state index is 6.20. The zero-order valence-corrected chi connectivity index (χ0v) is 11.1. The molecule has 2 saturated heterocycles. The van der Waals surface area contributed by atoms with Crippen molar-refractivity contribution in [1.82, 2.24) is 10.2 Å². The number of benzene rings is 1. The van der Waals surface area contributed by atoms with Crippen LogP contribution in [-0.2, 0) is 6.54 Å². The summed E-state index contributed by atoms with van der Waals surface area (Å²) in [6.07, 6.45) is 0. The quantitative estimate of drug-likeness (QED) is 0.889. The molecule has 3 rings (SSSR count). The van der Waals surface area contributed by atoms with Gasteiger partial charge in [-0.3, -0.25) is 4.90 Å². The lowest BCUT2D eigenvalue weighted by Crippen LogP contribution is -2.25. The van der Waals surface area contributed by atoms with E-state index < -0.39 is 0 Å². The summed E-state index contributed by atoms with van der Waals surface area (Å²) < 4.78 is 0. The van der Waals surface area contributed by atoms with Gasteiger partial charge in [0.05, 0.1) is 0 Å². The summed E-state index contributed by atoms with van der Waals surface area (Å²) >= 11 is 12.2. The second-order valence-corrected chi connectivity index (χ2v) is 5.95. The van der Waals surface area contributed by atoms with Crippen LogP contribution in [0, 0.1) is 11.8 Å². The largest absolute Gasteiger partial charge is 0.316 e. The van der Waals surface area contributed by atoms with Crippen LogP contribution in [0.3, 0.4) is 0 Å². The molecule has 0 spiro atoms. The lowest BCUT2D eigenvalue weighted by molar-refractivity contribution is 0.306. The molecule has 0 saturated carbocycles. The molecule has 1 N–H and O–H groups in total. The van der Waals surface area contributed by atoms with Crippen LogP contribution in [0.1, 0.15) is 5.56 Å². The van der Waals surface area contributed by atoms with Crippen molar-refractivity contribution in [2.75, 3.05) is 26.2 Å². The second-order valence-electron chi connectivity index (χ2n) is 5.11. The topological polar surface area (TPSA) is 15.3 Å². The Labute approximate surface area is 112 Å². The van der Waals surface area contributed by atoms with Crippen LogP contribution < -0.4 is 5.32 Å². The molecule has 2 unspecified atom stereocenters. The minimum Gasteiger partial charge on any atom is -0.316 e. The summed E-state index contributed by atoms with van der Waals surface area (Å²) in [7, 11) is 0. The van der Waals surface area contributed by atoms with Gasteiger partial charge < -0.3 is 5.32 Å². The van der Waals surface area contributed by atoms with Gasteiger partial charge >= 0.3 is 0 Å². The molecule has 0 aromatic heterocycles. The normalized spacial score (nSPS) is 28.6. The number of nitrogens with one attached hydrogen (secondary N) is 1. The van der Waals surface area contributed by atoms with Gasteiger partial charge in [-0.15, -0.1) is 0 Å². The number of fused-ring (bicyclic) bond motifs is 1. The van der Waals surface area contributed by atoms with Crippen molar-refractivity contribution < 1.29 is 0 Å². The van der Waals surface area contributed by atoms with Crippen molar-refractivity contribution in [2.45, 2.75) is 6.54 Å². The fourth-order valence-electron chi connectivity index (χ4n) is 2.99. The minimum atomic E-state index is 0.769. The zero-order chi connectivity index (χ0) is 11.8. The lowest BCUT2D eigenvalue weighted by Gasteiger charge is -2.17. The van der Waals surface area contributed by atoms with Gasteiger partial charge in [0, 0.05) is 29.7 Å². The molecule has 2 nitrogen and oxygen atoms in total. The Bertz CT molecular complexity index is 410. The summed E-state index contributed by atoms with van der Waals surface area (Å²) in [6.45, 7) is 5.63. The SMILES string of the molecule is Clc1ccc(Cl)c(CN2CC3CNCC3C2)c1. The zero-order valence-electron chi connectivity index (χ0n) is 9.63. The Kier molecular flexibility index (Phi) is 3.31. The number of nitrogens with zero attached hydrogens (tertiary/aromatic N) is 1. The van der Waals surface area contributed by atoms with E-state index in [2.05, 4.69) is 10.2 Å². The van der Waals surface area contributed by atoms with E-state index in [1.165, 1.54) is 26.2 Å². The number of hydrogen-bond donors (Lipinski definition) is 1. The van der Waals surface area contributed by atoms with Crippen molar-refractivity contribution >= 4 is 23.2 Å². The third kappa shape index (κ3) is 2.45. The summed E-state index contributed by atoms with van der Waals surface area (Å²) in [4.78, 5) is 2.49. The van der Waals surface area contributed by atoms with Gasteiger partial charge in [-0.05, 0) is 48.7 Å². The Morgan fingerprint density at radius 3 is 2.59 bits per heavy atom. The first kappa shape index (κ1) is 11.8. The molecule has 4 heteroatoms. The third-order valence-corrected chi connectivity index (χ3v) is 4.47. The fourth-order valence-corrected chi connectivity index (χ4v) is 3.36. The number of likely N-dealkylation sites (tertiary alicyclic amines) is 1. The molecule has 0 bridgehead atoms. The van der Waals surface area contributed by atoms with Gasteiger partial charge in [0.25, 0.3) is 0 Å². The van der Waals surface area contributed by atoms with Crippen LogP contribution in [0.15, 0.2) is 18.2 Å². The molecule has 2 fully saturated rings. The predicted octanol–water partition coefficient (Wildman–Crippen LogP) is 2.64. The Morgan fingerprint density at radius 1 is 1.18 bits per heavy atom. The summed E-state index contributed by atoms with van der Waals surface area (Å²) in [5.41, 5.74) is 1.15. The van der Waals surface area contributed by atoms with E-state index in [0.29, 0.717) is 0 Å². The standard InChI is InChI=1S/C13H16Cl2N2/c14-12-1-2-13(15)9(3-12)6-17-7-10-4-16-5-11(10)8-17/h1-3,10-11,16H,4-8H2. The van der Waals surface area contributed by atoms with E-state index in [0.717, 1.165) is 34.0 Å². The van der Waals surface area contributed by atoms with Crippen molar-refractivity contribution in [3.63, 3.8) is 0 Å². The van der Waals surface area contributed by atoms with E-state index in [4.69, 9.17) is 23.2 Å². The first-order valence-electron chi connectivity index (χ1n) is 6.09. The van der Waals surface area contributed by atoms with Crippen LogP contribution in [0.2, 0.25) is 10.0 Å². The Balaban J connectivity index is 1.69. The van der Waals surface area contributed by atoms with Gasteiger partial charge in [0.1, 0.15) is 0 Å². The minimum absolute atomic E-state index is 0.769. The highest BCUT2D eigenvalue weighted by Crippen LogP contribution is 2.29. The number of halogens is 2. The molecule has 17 heavy (non-hydrogen) atoms. The van der Waals surface area contributed by atoms with Gasteiger partial charge in [0.2, 0.25) is 0 Å². The Hall–Kier alpha value is -0.280. The van der Waals surface area contributed by atoms with E-state index in [9.17, 15) is 0 Å². The van der Waals surface area contributed by atoms with Crippen molar-refractivity contribution in [3.05, 3.63) is 33.8 Å². The van der Waals surface area contributed by atoms with Gasteiger partial charge in [0.15, 0.2) is 0 Å². The Morgan fingerprint density at radius 2 is 1.88 bits per heavy atom. The van der Waals surface area contributed by atoms with Gasteiger partial charge in [-0.1, -0.05) is 23.2 Å². The summed E-state index contributed by atoms with van der Waals surface area (Å²) in [5.74, 6) is 1.65. The molecule has 2 aliphatic rings. The molecule has 0 amide bonds. The van der Waals surface area contributed by atoms with Crippen LogP contribution in [0.4, 0.5) is 0 Å². The molecule has 2 aliphatic heterocycles. The second kappa shape index (κ2) is 4.77.